The van der Waals surface area contributed by atoms with Gasteiger partial charge in [0.2, 0.25) is 0 Å². The molecule has 3 amide bonds. The normalized spacial score (nSPS) is 18.0. The summed E-state index contributed by atoms with van der Waals surface area (Å²) in [6.07, 6.45) is 2.36. The Kier molecular flexibility index (Phi) is 7.73. The van der Waals surface area contributed by atoms with E-state index in [-0.39, 0.29) is 11.9 Å². The maximum atomic E-state index is 11.9. The molecule has 1 aromatic carbocycles. The van der Waals surface area contributed by atoms with Crippen LogP contribution in [-0.4, -0.2) is 55.6 Å². The molecule has 1 atom stereocenters. The van der Waals surface area contributed by atoms with Gasteiger partial charge < -0.3 is 20.9 Å². The van der Waals surface area contributed by atoms with E-state index in [1.807, 2.05) is 18.2 Å². The third kappa shape index (κ3) is 6.74. The molecule has 0 aliphatic carbocycles. The van der Waals surface area contributed by atoms with Crippen molar-refractivity contribution < 1.29 is 9.59 Å². The van der Waals surface area contributed by atoms with Gasteiger partial charge in [-0.2, -0.15) is 0 Å². The van der Waals surface area contributed by atoms with Crippen LogP contribution in [0.1, 0.15) is 37.0 Å². The second kappa shape index (κ2) is 10.0. The van der Waals surface area contributed by atoms with Crippen LogP contribution in [0.15, 0.2) is 30.3 Å². The minimum absolute atomic E-state index is 0.126. The van der Waals surface area contributed by atoms with E-state index in [2.05, 4.69) is 34.7 Å². The fourth-order valence-electron chi connectivity index (χ4n) is 3.08. The molecule has 2 rings (SSSR count). The van der Waals surface area contributed by atoms with Crippen LogP contribution in [0, 0.1) is 5.92 Å². The number of carbonyl (C=O) groups is 2. The number of nitrogens with zero attached hydrogens (tertiary/aromatic N) is 1. The first-order chi connectivity index (χ1) is 12.1. The van der Waals surface area contributed by atoms with Crippen molar-refractivity contribution in [2.24, 2.45) is 5.92 Å². The standard InChI is InChI=1S/C19H30N4O2/c1-15(2)23-12-6-7-16(14-23)13-22-19(25)21-11-10-20-18(24)17-8-4-3-5-9-17/h3-5,8-9,15-16H,6-7,10-14H2,1-2H3,(H,20,24)(H2,21,22,25)/t16-/m1/s1. The van der Waals surface area contributed by atoms with Gasteiger partial charge in [-0.1, -0.05) is 18.2 Å². The lowest BCUT2D eigenvalue weighted by Crippen LogP contribution is -2.46. The Morgan fingerprint density at radius 1 is 1.12 bits per heavy atom. The fraction of sp³-hybridized carbons (Fsp3) is 0.579. The molecule has 1 fully saturated rings. The number of urea groups is 1. The van der Waals surface area contributed by atoms with E-state index in [9.17, 15) is 9.59 Å². The molecule has 0 radical (unpaired) electrons. The summed E-state index contributed by atoms with van der Waals surface area (Å²) in [5, 5.41) is 8.52. The molecule has 6 nitrogen and oxygen atoms in total. The van der Waals surface area contributed by atoms with Gasteiger partial charge in [0, 0.05) is 37.8 Å². The van der Waals surface area contributed by atoms with Crippen molar-refractivity contribution in [1.82, 2.24) is 20.9 Å². The van der Waals surface area contributed by atoms with Crippen LogP contribution in [-0.2, 0) is 0 Å². The zero-order chi connectivity index (χ0) is 18.1. The van der Waals surface area contributed by atoms with Gasteiger partial charge in [-0.05, 0) is 51.3 Å². The van der Waals surface area contributed by atoms with Gasteiger partial charge in [0.25, 0.3) is 5.91 Å². The average molecular weight is 346 g/mol. The summed E-state index contributed by atoms with van der Waals surface area (Å²) >= 11 is 0. The molecule has 0 saturated carbocycles. The van der Waals surface area contributed by atoms with Crippen LogP contribution in [0.2, 0.25) is 0 Å². The van der Waals surface area contributed by atoms with Gasteiger partial charge >= 0.3 is 6.03 Å². The summed E-state index contributed by atoms with van der Waals surface area (Å²) in [6.45, 7) is 8.15. The zero-order valence-corrected chi connectivity index (χ0v) is 15.3. The Morgan fingerprint density at radius 2 is 1.84 bits per heavy atom. The molecule has 1 heterocycles. The van der Waals surface area contributed by atoms with E-state index in [4.69, 9.17) is 0 Å². The number of rotatable bonds is 7. The number of likely N-dealkylation sites (tertiary alicyclic amines) is 1. The Hall–Kier alpha value is -2.08. The highest BCUT2D eigenvalue weighted by Gasteiger charge is 2.21. The van der Waals surface area contributed by atoms with Crippen LogP contribution in [0.5, 0.6) is 0 Å². The molecule has 1 aliphatic rings. The molecule has 0 bridgehead atoms. The topological polar surface area (TPSA) is 73.5 Å². The van der Waals surface area contributed by atoms with E-state index < -0.39 is 0 Å². The number of carbonyl (C=O) groups excluding carboxylic acids is 2. The summed E-state index contributed by atoms with van der Waals surface area (Å²) in [4.78, 5) is 26.2. The Bertz CT molecular complexity index is 548. The molecule has 6 heteroatoms. The predicted molar refractivity (Wildman–Crippen MR) is 99.6 cm³/mol. The largest absolute Gasteiger partial charge is 0.350 e. The monoisotopic (exact) mass is 346 g/mol. The van der Waals surface area contributed by atoms with E-state index in [1.54, 1.807) is 12.1 Å². The van der Waals surface area contributed by atoms with Crippen molar-refractivity contribution >= 4 is 11.9 Å². The molecule has 1 aromatic rings. The lowest BCUT2D eigenvalue weighted by molar-refractivity contribution is 0.0953. The molecule has 25 heavy (non-hydrogen) atoms. The summed E-state index contributed by atoms with van der Waals surface area (Å²) in [7, 11) is 0. The molecular formula is C19H30N4O2. The Morgan fingerprint density at radius 3 is 2.56 bits per heavy atom. The number of hydrogen-bond acceptors (Lipinski definition) is 3. The highest BCUT2D eigenvalue weighted by atomic mass is 16.2. The van der Waals surface area contributed by atoms with Crippen molar-refractivity contribution in [3.05, 3.63) is 35.9 Å². The van der Waals surface area contributed by atoms with Crippen molar-refractivity contribution in [2.75, 3.05) is 32.7 Å². The molecule has 0 aromatic heterocycles. The molecular weight excluding hydrogens is 316 g/mol. The Balaban J connectivity index is 1.57. The van der Waals surface area contributed by atoms with Gasteiger partial charge in [-0.3, -0.25) is 4.79 Å². The molecule has 1 saturated heterocycles. The number of benzene rings is 1. The maximum absolute atomic E-state index is 11.9. The van der Waals surface area contributed by atoms with Gasteiger partial charge in [0.1, 0.15) is 0 Å². The van der Waals surface area contributed by atoms with E-state index in [0.29, 0.717) is 37.2 Å². The second-order valence-electron chi connectivity index (χ2n) is 6.86. The average Bonchev–Trinajstić information content (AvgIpc) is 2.64. The van der Waals surface area contributed by atoms with E-state index >= 15 is 0 Å². The summed E-state index contributed by atoms with van der Waals surface area (Å²) in [5.74, 6) is 0.387. The van der Waals surface area contributed by atoms with Crippen LogP contribution >= 0.6 is 0 Å². The van der Waals surface area contributed by atoms with Crippen molar-refractivity contribution in [3.8, 4) is 0 Å². The first-order valence-corrected chi connectivity index (χ1v) is 9.15. The molecule has 0 unspecified atom stereocenters. The van der Waals surface area contributed by atoms with Crippen LogP contribution in [0.4, 0.5) is 4.79 Å². The molecule has 0 spiro atoms. The van der Waals surface area contributed by atoms with Crippen LogP contribution in [0.3, 0.4) is 0 Å². The lowest BCUT2D eigenvalue weighted by Gasteiger charge is -2.35. The van der Waals surface area contributed by atoms with Gasteiger partial charge in [-0.25, -0.2) is 4.79 Å². The fourth-order valence-corrected chi connectivity index (χ4v) is 3.08. The maximum Gasteiger partial charge on any atom is 0.314 e. The third-order valence-corrected chi connectivity index (χ3v) is 4.56. The number of nitrogens with one attached hydrogen (secondary N) is 3. The van der Waals surface area contributed by atoms with Gasteiger partial charge in [-0.15, -0.1) is 0 Å². The second-order valence-corrected chi connectivity index (χ2v) is 6.86. The first kappa shape index (κ1) is 19.2. The van der Waals surface area contributed by atoms with Gasteiger partial charge in [0.05, 0.1) is 0 Å². The quantitative estimate of drug-likeness (QED) is 0.660. The first-order valence-electron chi connectivity index (χ1n) is 9.15. The number of piperidine rings is 1. The third-order valence-electron chi connectivity index (χ3n) is 4.56. The van der Waals surface area contributed by atoms with Crippen molar-refractivity contribution in [3.63, 3.8) is 0 Å². The molecule has 3 N–H and O–H groups in total. The summed E-state index contributed by atoms with van der Waals surface area (Å²) in [5.41, 5.74) is 0.624. The van der Waals surface area contributed by atoms with Crippen LogP contribution in [0.25, 0.3) is 0 Å². The smallest absolute Gasteiger partial charge is 0.314 e. The minimum Gasteiger partial charge on any atom is -0.350 e. The zero-order valence-electron chi connectivity index (χ0n) is 15.3. The summed E-state index contributed by atoms with van der Waals surface area (Å²) in [6, 6.07) is 9.44. The highest BCUT2D eigenvalue weighted by Crippen LogP contribution is 2.17. The number of hydrogen-bond donors (Lipinski definition) is 3. The molecule has 138 valence electrons. The lowest BCUT2D eigenvalue weighted by atomic mass is 9.97. The molecule has 1 aliphatic heterocycles. The highest BCUT2D eigenvalue weighted by molar-refractivity contribution is 5.94. The van der Waals surface area contributed by atoms with Gasteiger partial charge in [0.15, 0.2) is 0 Å². The van der Waals surface area contributed by atoms with E-state index in [1.165, 1.54) is 6.42 Å². The Labute approximate surface area is 150 Å². The van der Waals surface area contributed by atoms with Crippen molar-refractivity contribution in [2.45, 2.75) is 32.7 Å². The van der Waals surface area contributed by atoms with Crippen molar-refractivity contribution in [1.29, 1.82) is 0 Å². The SMILES string of the molecule is CC(C)N1CCC[C@H](CNC(=O)NCCNC(=O)c2ccccc2)C1. The number of amides is 3. The van der Waals surface area contributed by atoms with Crippen LogP contribution < -0.4 is 16.0 Å². The predicted octanol–water partition coefficient (Wildman–Crippen LogP) is 1.84. The summed E-state index contributed by atoms with van der Waals surface area (Å²) < 4.78 is 0. The van der Waals surface area contributed by atoms with E-state index in [0.717, 1.165) is 19.5 Å². The minimum atomic E-state index is -0.171.